The van der Waals surface area contributed by atoms with Crippen molar-refractivity contribution in [3.8, 4) is 0 Å². The molecule has 6 nitrogen and oxygen atoms in total. The van der Waals surface area contributed by atoms with Crippen molar-refractivity contribution in [2.24, 2.45) is 5.11 Å². The fraction of sp³-hybridized carbons (Fsp3) is 0.400. The fourth-order valence-electron chi connectivity index (χ4n) is 1.22. The van der Waals surface area contributed by atoms with Gasteiger partial charge >= 0.3 is 11.9 Å². The number of azo groups is 2. The Balaban J connectivity index is 3.15. The lowest BCUT2D eigenvalue weighted by molar-refractivity contribution is -0.503. The van der Waals surface area contributed by atoms with E-state index in [0.29, 0.717) is 5.70 Å². The molecular formula is C10H13N2O4+. The summed E-state index contributed by atoms with van der Waals surface area (Å²) in [5, 5.41) is 3.86. The summed E-state index contributed by atoms with van der Waals surface area (Å²) in [6.45, 7) is 5.54. The molecular weight excluding hydrogens is 212 g/mol. The predicted molar refractivity (Wildman–Crippen MR) is 53.4 cm³/mol. The minimum absolute atomic E-state index is 0.0520. The number of nitrogens with zero attached hydrogens (tertiary/aromatic N) is 2. The number of carbonyl (C=O) groups is 2. The normalized spacial score (nSPS) is 14.9. The second kappa shape index (κ2) is 4.69. The van der Waals surface area contributed by atoms with Gasteiger partial charge in [-0.1, -0.05) is 4.70 Å². The van der Waals surface area contributed by atoms with E-state index in [1.54, 1.807) is 14.0 Å². The SMILES string of the molecule is C=C1C(C(=O)OCC)=C(C(=O)OC)N=[N+]1C. The number of esters is 2. The molecule has 0 aromatic heterocycles. The molecule has 16 heavy (non-hydrogen) atoms. The highest BCUT2D eigenvalue weighted by Gasteiger charge is 2.38. The van der Waals surface area contributed by atoms with Crippen LogP contribution in [0.3, 0.4) is 0 Å². The molecule has 0 aliphatic carbocycles. The molecule has 0 bridgehead atoms. The van der Waals surface area contributed by atoms with Gasteiger partial charge in [-0.2, -0.15) is 0 Å². The average Bonchev–Trinajstić information content (AvgIpc) is 2.55. The Morgan fingerprint density at radius 3 is 2.56 bits per heavy atom. The highest BCUT2D eigenvalue weighted by Crippen LogP contribution is 2.24. The van der Waals surface area contributed by atoms with Crippen LogP contribution in [0, 0.1) is 0 Å². The van der Waals surface area contributed by atoms with Gasteiger partial charge in [-0.05, 0) is 13.5 Å². The van der Waals surface area contributed by atoms with Crippen molar-refractivity contribution in [1.29, 1.82) is 0 Å². The van der Waals surface area contributed by atoms with E-state index in [9.17, 15) is 9.59 Å². The summed E-state index contributed by atoms with van der Waals surface area (Å²) in [7, 11) is 2.80. The molecule has 1 heterocycles. The van der Waals surface area contributed by atoms with Crippen LogP contribution in [0.4, 0.5) is 0 Å². The standard InChI is InChI=1S/C10H13N2O4/c1-5-16-9(13)7-6(2)12(3)11-8(7)10(14)15-4/h2,5H2,1,3-4H3/q+1. The van der Waals surface area contributed by atoms with Crippen molar-refractivity contribution in [2.45, 2.75) is 6.92 Å². The zero-order valence-electron chi connectivity index (χ0n) is 9.44. The van der Waals surface area contributed by atoms with Crippen LogP contribution < -0.4 is 0 Å². The topological polar surface area (TPSA) is 68.0 Å². The van der Waals surface area contributed by atoms with Crippen LogP contribution in [0.25, 0.3) is 0 Å². The van der Waals surface area contributed by atoms with Gasteiger partial charge in [-0.3, -0.25) is 0 Å². The molecule has 0 saturated heterocycles. The summed E-state index contributed by atoms with van der Waals surface area (Å²) in [5.41, 5.74) is 0.295. The maximum Gasteiger partial charge on any atom is 0.364 e. The number of likely N-dealkylation sites (N-methyl/N-ethyl adjacent to an activating group) is 1. The second-order valence-corrected chi connectivity index (χ2v) is 3.01. The summed E-state index contributed by atoms with van der Waals surface area (Å²) in [4.78, 5) is 23.0. The molecule has 0 fully saturated rings. The van der Waals surface area contributed by atoms with E-state index in [4.69, 9.17) is 4.74 Å². The number of hydrogen-bond acceptors (Lipinski definition) is 5. The molecule has 0 unspecified atom stereocenters. The number of rotatable bonds is 3. The number of carbonyl (C=O) groups excluding carboxylic acids is 2. The van der Waals surface area contributed by atoms with Crippen molar-refractivity contribution in [3.63, 3.8) is 0 Å². The molecule has 1 rings (SSSR count). The average molecular weight is 225 g/mol. The Morgan fingerprint density at radius 2 is 2.06 bits per heavy atom. The first-order valence-corrected chi connectivity index (χ1v) is 4.67. The van der Waals surface area contributed by atoms with E-state index >= 15 is 0 Å². The molecule has 1 aliphatic heterocycles. The molecule has 0 atom stereocenters. The van der Waals surface area contributed by atoms with E-state index in [0.717, 1.165) is 0 Å². The first-order valence-electron chi connectivity index (χ1n) is 4.67. The third-order valence-electron chi connectivity index (χ3n) is 2.02. The molecule has 0 radical (unpaired) electrons. The van der Waals surface area contributed by atoms with Gasteiger partial charge in [0.25, 0.3) is 0 Å². The monoisotopic (exact) mass is 225 g/mol. The molecule has 0 saturated carbocycles. The molecule has 86 valence electrons. The molecule has 1 aliphatic rings. The third kappa shape index (κ3) is 2.00. The van der Waals surface area contributed by atoms with Gasteiger partial charge in [0.1, 0.15) is 0 Å². The zero-order valence-corrected chi connectivity index (χ0v) is 9.44. The Bertz CT molecular complexity index is 421. The van der Waals surface area contributed by atoms with Crippen LogP contribution in [0.1, 0.15) is 6.92 Å². The predicted octanol–water partition coefficient (Wildman–Crippen LogP) is 0.598. The second-order valence-electron chi connectivity index (χ2n) is 3.01. The Kier molecular flexibility index (Phi) is 3.55. The van der Waals surface area contributed by atoms with E-state index < -0.39 is 11.9 Å². The quantitative estimate of drug-likeness (QED) is 0.521. The smallest absolute Gasteiger partial charge is 0.364 e. The highest BCUT2D eigenvalue weighted by atomic mass is 16.5. The third-order valence-corrected chi connectivity index (χ3v) is 2.02. The molecule has 0 aromatic carbocycles. The van der Waals surface area contributed by atoms with Crippen molar-refractivity contribution in [2.75, 3.05) is 20.8 Å². The lowest BCUT2D eigenvalue weighted by Gasteiger charge is -2.01. The van der Waals surface area contributed by atoms with Gasteiger partial charge in [0.2, 0.25) is 11.4 Å². The molecule has 0 amide bonds. The van der Waals surface area contributed by atoms with Crippen LogP contribution in [-0.2, 0) is 19.1 Å². The van der Waals surface area contributed by atoms with E-state index in [1.807, 2.05) is 0 Å². The maximum absolute atomic E-state index is 11.6. The minimum Gasteiger partial charge on any atom is -0.464 e. The number of ether oxygens (including phenoxy) is 2. The summed E-state index contributed by atoms with van der Waals surface area (Å²) in [5.74, 6) is -1.31. The molecule has 0 spiro atoms. The van der Waals surface area contributed by atoms with Gasteiger partial charge in [0.15, 0.2) is 12.6 Å². The van der Waals surface area contributed by atoms with E-state index in [2.05, 4.69) is 16.4 Å². The first-order chi connectivity index (χ1) is 7.52. The van der Waals surface area contributed by atoms with E-state index in [1.165, 1.54) is 11.8 Å². The van der Waals surface area contributed by atoms with Crippen molar-refractivity contribution in [1.82, 2.24) is 0 Å². The van der Waals surface area contributed by atoms with Crippen molar-refractivity contribution in [3.05, 3.63) is 23.5 Å². The van der Waals surface area contributed by atoms with Crippen LogP contribution in [0.15, 0.2) is 28.7 Å². The van der Waals surface area contributed by atoms with Gasteiger partial charge in [0.05, 0.1) is 13.7 Å². The Morgan fingerprint density at radius 1 is 1.44 bits per heavy atom. The Labute approximate surface area is 92.8 Å². The highest BCUT2D eigenvalue weighted by molar-refractivity contribution is 6.03. The largest absolute Gasteiger partial charge is 0.464 e. The number of methoxy groups -OCH3 is 1. The summed E-state index contributed by atoms with van der Waals surface area (Å²) in [6.07, 6.45) is 0. The fourth-order valence-corrected chi connectivity index (χ4v) is 1.22. The summed E-state index contributed by atoms with van der Waals surface area (Å²) >= 11 is 0. The van der Waals surface area contributed by atoms with Gasteiger partial charge in [-0.25, -0.2) is 9.59 Å². The van der Waals surface area contributed by atoms with Crippen LogP contribution >= 0.6 is 0 Å². The maximum atomic E-state index is 11.6. The Hall–Kier alpha value is -1.98. The van der Waals surface area contributed by atoms with Gasteiger partial charge < -0.3 is 9.47 Å². The summed E-state index contributed by atoms with van der Waals surface area (Å²) in [6, 6.07) is 0. The van der Waals surface area contributed by atoms with Crippen LogP contribution in [0.2, 0.25) is 0 Å². The zero-order chi connectivity index (χ0) is 12.3. The molecule has 0 aromatic rings. The number of hydrogen-bond donors (Lipinski definition) is 0. The lowest BCUT2D eigenvalue weighted by Crippen LogP contribution is -2.14. The van der Waals surface area contributed by atoms with Crippen molar-refractivity contribution >= 4 is 11.9 Å². The van der Waals surface area contributed by atoms with Gasteiger partial charge in [-0.15, -0.1) is 0 Å². The molecule has 0 N–H and O–H groups in total. The van der Waals surface area contributed by atoms with Crippen LogP contribution in [-0.4, -0.2) is 37.4 Å². The minimum atomic E-state index is -0.687. The van der Waals surface area contributed by atoms with Crippen LogP contribution in [0.5, 0.6) is 0 Å². The lowest BCUT2D eigenvalue weighted by atomic mass is 10.1. The molecule has 6 heteroatoms. The summed E-state index contributed by atoms with van der Waals surface area (Å²) < 4.78 is 10.7. The first kappa shape index (κ1) is 12.1. The van der Waals surface area contributed by atoms with Gasteiger partial charge in [0, 0.05) is 5.11 Å². The van der Waals surface area contributed by atoms with Crippen molar-refractivity contribution < 1.29 is 23.8 Å². The van der Waals surface area contributed by atoms with E-state index in [-0.39, 0.29) is 17.9 Å².